The van der Waals surface area contributed by atoms with Crippen LogP contribution in [0.5, 0.6) is 0 Å². The fraction of sp³-hybridized carbons (Fsp3) is 0.364. The van der Waals surface area contributed by atoms with Gasteiger partial charge in [0.15, 0.2) is 0 Å². The van der Waals surface area contributed by atoms with Crippen LogP contribution in [0.2, 0.25) is 0 Å². The van der Waals surface area contributed by atoms with Crippen LogP contribution in [0.3, 0.4) is 0 Å². The van der Waals surface area contributed by atoms with Crippen LogP contribution < -0.4 is 0 Å². The zero-order valence-electron chi connectivity index (χ0n) is 7.46. The van der Waals surface area contributed by atoms with Gasteiger partial charge in [0.25, 0.3) is 0 Å². The lowest BCUT2D eigenvalue weighted by Gasteiger charge is -2.01. The van der Waals surface area contributed by atoms with Crippen molar-refractivity contribution in [2.24, 2.45) is 0 Å². The Morgan fingerprint density at radius 3 is 2.75 bits per heavy atom. The quantitative estimate of drug-likeness (QED) is 0.723. The van der Waals surface area contributed by atoms with Gasteiger partial charge in [-0.3, -0.25) is 0 Å². The summed E-state index contributed by atoms with van der Waals surface area (Å²) in [5, 5.41) is 8.53. The first-order chi connectivity index (χ1) is 5.86. The molecule has 1 rings (SSSR count). The lowest BCUT2D eigenvalue weighted by molar-refractivity contribution is 0.375. The summed E-state index contributed by atoms with van der Waals surface area (Å²) in [6.45, 7) is 3.37. The fourth-order valence-corrected chi connectivity index (χ4v) is 1.24. The number of hydrogen-bond donors (Lipinski definition) is 1. The first-order valence-electron chi connectivity index (χ1n) is 4.40. The summed E-state index contributed by atoms with van der Waals surface area (Å²) < 4.78 is 0. The molecule has 0 aliphatic carbocycles. The first-order valence-corrected chi connectivity index (χ1v) is 4.40. The number of aliphatic hydroxyl groups excluding tert-OH is 1. The predicted octanol–water partition coefficient (Wildman–Crippen LogP) is 2.72. The zero-order valence-corrected chi connectivity index (χ0v) is 7.46. The Morgan fingerprint density at radius 1 is 1.33 bits per heavy atom. The first kappa shape index (κ1) is 9.27. The number of rotatable bonds is 4. The van der Waals surface area contributed by atoms with Crippen molar-refractivity contribution in [3.05, 3.63) is 42.0 Å². The van der Waals surface area contributed by atoms with Gasteiger partial charge in [0.2, 0.25) is 0 Å². The summed E-state index contributed by atoms with van der Waals surface area (Å²) in [7, 11) is 0. The average molecular weight is 163 g/mol. The lowest BCUT2D eigenvalue weighted by atomic mass is 10.1. The minimum absolute atomic E-state index is 0.743. The van der Waals surface area contributed by atoms with E-state index in [1.807, 2.05) is 0 Å². The monoisotopic (exact) mass is 163 g/mol. The van der Waals surface area contributed by atoms with Crippen molar-refractivity contribution >= 4 is 0 Å². The maximum absolute atomic E-state index is 8.53. The maximum atomic E-state index is 8.53. The molecule has 0 spiro atoms. The fourth-order valence-electron chi connectivity index (χ4n) is 1.24. The third kappa shape index (κ3) is 2.67. The third-order valence-corrected chi connectivity index (χ3v) is 1.96. The molecule has 0 saturated heterocycles. The number of aryl methyl sites for hydroxylation is 2. The van der Waals surface area contributed by atoms with Crippen LogP contribution in [0.4, 0.5) is 0 Å². The van der Waals surface area contributed by atoms with Gasteiger partial charge in [0.05, 0.1) is 6.61 Å². The molecule has 1 aromatic rings. The summed E-state index contributed by atoms with van der Waals surface area (Å²) in [5.74, 6) is 0. The van der Waals surface area contributed by atoms with Gasteiger partial charge in [0, 0.05) is 0 Å². The van der Waals surface area contributed by atoms with E-state index in [4.69, 9.17) is 5.11 Å². The highest BCUT2D eigenvalue weighted by Crippen LogP contribution is 2.08. The molecule has 1 radical (unpaired) electrons. The molecule has 12 heavy (non-hydrogen) atoms. The normalized spacial score (nSPS) is 10.2. The molecule has 0 saturated carbocycles. The average Bonchev–Trinajstić information content (AvgIpc) is 2.15. The van der Waals surface area contributed by atoms with Crippen LogP contribution in [-0.2, 0) is 12.8 Å². The Labute approximate surface area is 74.1 Å². The summed E-state index contributed by atoms with van der Waals surface area (Å²) in [4.78, 5) is 0. The molecule has 0 unspecified atom stereocenters. The zero-order chi connectivity index (χ0) is 8.81. The Kier molecular flexibility index (Phi) is 3.81. The minimum Gasteiger partial charge on any atom is -0.390 e. The maximum Gasteiger partial charge on any atom is 0.0802 e. The van der Waals surface area contributed by atoms with Crippen LogP contribution in [0.25, 0.3) is 0 Å². The van der Waals surface area contributed by atoms with E-state index in [1.54, 1.807) is 0 Å². The molecule has 0 amide bonds. The van der Waals surface area contributed by atoms with Crippen LogP contribution >= 0.6 is 0 Å². The van der Waals surface area contributed by atoms with E-state index in [9.17, 15) is 0 Å². The second-order valence-corrected chi connectivity index (χ2v) is 2.89. The predicted molar refractivity (Wildman–Crippen MR) is 50.4 cm³/mol. The van der Waals surface area contributed by atoms with E-state index in [1.165, 1.54) is 17.7 Å². The lowest BCUT2D eigenvalue weighted by Crippen LogP contribution is -1.87. The van der Waals surface area contributed by atoms with Gasteiger partial charge in [-0.05, 0) is 30.4 Å². The van der Waals surface area contributed by atoms with E-state index < -0.39 is 0 Å². The molecule has 0 atom stereocenters. The van der Waals surface area contributed by atoms with Crippen molar-refractivity contribution in [2.45, 2.75) is 26.2 Å². The molecule has 1 heteroatoms. The van der Waals surface area contributed by atoms with Gasteiger partial charge in [-0.15, -0.1) is 0 Å². The minimum atomic E-state index is 0.743. The van der Waals surface area contributed by atoms with E-state index in [0.29, 0.717) is 0 Å². The topological polar surface area (TPSA) is 20.2 Å². The van der Waals surface area contributed by atoms with Gasteiger partial charge < -0.3 is 5.11 Å². The molecule has 65 valence electrons. The van der Waals surface area contributed by atoms with Crippen molar-refractivity contribution in [1.82, 2.24) is 0 Å². The van der Waals surface area contributed by atoms with Crippen molar-refractivity contribution in [3.63, 3.8) is 0 Å². The van der Waals surface area contributed by atoms with E-state index >= 15 is 0 Å². The Morgan fingerprint density at radius 2 is 2.08 bits per heavy atom. The summed E-state index contributed by atoms with van der Waals surface area (Å²) in [5.41, 5.74) is 2.67. The smallest absolute Gasteiger partial charge is 0.0802 e. The summed E-state index contributed by atoms with van der Waals surface area (Å²) in [6, 6.07) is 8.50. The van der Waals surface area contributed by atoms with Gasteiger partial charge in [0.1, 0.15) is 0 Å². The largest absolute Gasteiger partial charge is 0.390 e. The molecular weight excluding hydrogens is 148 g/mol. The summed E-state index contributed by atoms with van der Waals surface area (Å²) >= 11 is 0. The van der Waals surface area contributed by atoms with Gasteiger partial charge >= 0.3 is 0 Å². The Balaban J connectivity index is 2.60. The van der Waals surface area contributed by atoms with Crippen molar-refractivity contribution in [2.75, 3.05) is 0 Å². The molecule has 0 aliphatic rings. The Hall–Kier alpha value is -0.820. The van der Waals surface area contributed by atoms with Crippen LogP contribution in [-0.4, -0.2) is 5.11 Å². The van der Waals surface area contributed by atoms with Crippen LogP contribution in [0.1, 0.15) is 24.5 Å². The molecule has 0 bridgehead atoms. The van der Waals surface area contributed by atoms with E-state index in [2.05, 4.69) is 31.2 Å². The molecular formula is C11H15O. The second-order valence-electron chi connectivity index (χ2n) is 2.89. The molecule has 0 aliphatic heterocycles. The molecule has 0 fully saturated rings. The van der Waals surface area contributed by atoms with Crippen molar-refractivity contribution in [3.8, 4) is 0 Å². The molecule has 0 heterocycles. The standard InChI is InChI=1S/C11H15O/c1-2-10-5-3-6-11(9-10)7-4-8-12/h3,5-6,8-9,12H,2,4,7H2,1H3. The van der Waals surface area contributed by atoms with Crippen LogP contribution in [0, 0.1) is 6.61 Å². The highest BCUT2D eigenvalue weighted by molar-refractivity contribution is 5.23. The van der Waals surface area contributed by atoms with Crippen molar-refractivity contribution in [1.29, 1.82) is 0 Å². The van der Waals surface area contributed by atoms with Crippen molar-refractivity contribution < 1.29 is 5.11 Å². The molecule has 1 N–H and O–H groups in total. The second kappa shape index (κ2) is 4.94. The number of hydrogen-bond acceptors (Lipinski definition) is 1. The Bertz CT molecular complexity index is 230. The number of benzene rings is 1. The highest BCUT2D eigenvalue weighted by atomic mass is 16.2. The molecule has 1 nitrogen and oxygen atoms in total. The van der Waals surface area contributed by atoms with E-state index in [0.717, 1.165) is 19.3 Å². The SMILES string of the molecule is CCc1cccc(CC[CH]O)c1. The van der Waals surface area contributed by atoms with Gasteiger partial charge in [-0.2, -0.15) is 0 Å². The van der Waals surface area contributed by atoms with Gasteiger partial charge in [-0.1, -0.05) is 31.2 Å². The molecule has 1 aromatic carbocycles. The third-order valence-electron chi connectivity index (χ3n) is 1.96. The molecule has 0 aromatic heterocycles. The van der Waals surface area contributed by atoms with Crippen LogP contribution in [0.15, 0.2) is 24.3 Å². The number of aliphatic hydroxyl groups is 1. The summed E-state index contributed by atoms with van der Waals surface area (Å²) in [6.07, 6.45) is 2.76. The highest BCUT2D eigenvalue weighted by Gasteiger charge is 1.93. The van der Waals surface area contributed by atoms with Gasteiger partial charge in [-0.25, -0.2) is 0 Å². The van der Waals surface area contributed by atoms with E-state index in [-0.39, 0.29) is 0 Å².